The van der Waals surface area contributed by atoms with Crippen molar-refractivity contribution in [2.24, 2.45) is 5.84 Å². The van der Waals surface area contributed by atoms with Gasteiger partial charge in [-0.25, -0.2) is 15.8 Å². The maximum atomic E-state index is 11.9. The monoisotopic (exact) mass is 341 g/mol. The third kappa shape index (κ3) is 3.40. The molecule has 0 spiro atoms. The maximum Gasteiger partial charge on any atom is 0.275 e. The molecule has 1 heterocycles. The molecular formula is C11H9BrClN5O. The van der Waals surface area contributed by atoms with Crippen LogP contribution in [0.1, 0.15) is 10.5 Å². The van der Waals surface area contributed by atoms with Crippen LogP contribution >= 0.6 is 27.5 Å². The Kier molecular flexibility index (Phi) is 4.31. The van der Waals surface area contributed by atoms with Crippen molar-refractivity contribution in [3.8, 4) is 0 Å². The minimum absolute atomic E-state index is 0.172. The van der Waals surface area contributed by atoms with E-state index in [9.17, 15) is 4.79 Å². The van der Waals surface area contributed by atoms with E-state index in [1.54, 1.807) is 18.2 Å². The molecule has 0 bridgehead atoms. The van der Waals surface area contributed by atoms with Crippen molar-refractivity contribution in [3.63, 3.8) is 0 Å². The van der Waals surface area contributed by atoms with E-state index in [2.05, 4.69) is 36.6 Å². The van der Waals surface area contributed by atoms with Crippen LogP contribution in [0.4, 0.5) is 11.5 Å². The Morgan fingerprint density at radius 3 is 2.74 bits per heavy atom. The smallest absolute Gasteiger partial charge is 0.275 e. The zero-order chi connectivity index (χ0) is 13.8. The third-order valence-electron chi connectivity index (χ3n) is 2.21. The summed E-state index contributed by atoms with van der Waals surface area (Å²) in [6, 6.07) is 5.08. The Morgan fingerprint density at radius 1 is 1.32 bits per heavy atom. The quantitative estimate of drug-likeness (QED) is 0.588. The number of aromatic nitrogens is 2. The van der Waals surface area contributed by atoms with Gasteiger partial charge in [0.2, 0.25) is 0 Å². The average molecular weight is 343 g/mol. The van der Waals surface area contributed by atoms with E-state index in [-0.39, 0.29) is 11.6 Å². The Hall–Kier alpha value is -1.70. The van der Waals surface area contributed by atoms with Gasteiger partial charge in [0.15, 0.2) is 5.82 Å². The molecule has 1 aromatic carbocycles. The molecule has 0 unspecified atom stereocenters. The highest BCUT2D eigenvalue weighted by Crippen LogP contribution is 2.26. The average Bonchev–Trinajstić information content (AvgIpc) is 2.43. The summed E-state index contributed by atoms with van der Waals surface area (Å²) >= 11 is 9.18. The van der Waals surface area contributed by atoms with Gasteiger partial charge in [0.05, 0.1) is 18.1 Å². The van der Waals surface area contributed by atoms with Gasteiger partial charge in [-0.3, -0.25) is 4.79 Å². The molecule has 0 fully saturated rings. The molecule has 1 aromatic heterocycles. The van der Waals surface area contributed by atoms with Crippen molar-refractivity contribution in [2.75, 3.05) is 10.7 Å². The lowest BCUT2D eigenvalue weighted by atomic mass is 10.3. The lowest BCUT2D eigenvalue weighted by Crippen LogP contribution is -2.15. The molecule has 0 aliphatic rings. The second kappa shape index (κ2) is 5.96. The number of rotatable bonds is 3. The van der Waals surface area contributed by atoms with E-state index in [4.69, 9.17) is 17.4 Å². The minimum atomic E-state index is -0.390. The molecule has 19 heavy (non-hydrogen) atoms. The van der Waals surface area contributed by atoms with Gasteiger partial charge in [-0.1, -0.05) is 11.6 Å². The minimum Gasteiger partial charge on any atom is -0.320 e. The zero-order valence-electron chi connectivity index (χ0n) is 9.52. The number of nitrogens with zero attached hydrogens (tertiary/aromatic N) is 2. The van der Waals surface area contributed by atoms with E-state index in [0.29, 0.717) is 16.5 Å². The number of halogens is 2. The van der Waals surface area contributed by atoms with E-state index in [1.807, 2.05) is 0 Å². The molecule has 2 aromatic rings. The Morgan fingerprint density at radius 2 is 2.11 bits per heavy atom. The molecule has 0 saturated carbocycles. The van der Waals surface area contributed by atoms with Crippen molar-refractivity contribution in [1.29, 1.82) is 0 Å². The topological polar surface area (TPSA) is 92.9 Å². The molecule has 0 radical (unpaired) electrons. The highest BCUT2D eigenvalue weighted by molar-refractivity contribution is 9.10. The standard InChI is InChI=1S/C11H9BrClN5O/c12-7-2-1-6(13)3-8(7)17-11(19)9-4-16-10(18-14)5-15-9/h1-5H,14H2,(H,16,18)(H,17,19). The molecule has 0 aliphatic heterocycles. The number of benzene rings is 1. The number of amides is 1. The van der Waals surface area contributed by atoms with Gasteiger partial charge in [0, 0.05) is 9.50 Å². The first-order valence-electron chi connectivity index (χ1n) is 5.15. The first-order valence-corrected chi connectivity index (χ1v) is 6.32. The van der Waals surface area contributed by atoms with Crippen molar-refractivity contribution in [1.82, 2.24) is 9.97 Å². The number of carbonyl (C=O) groups is 1. The SMILES string of the molecule is NNc1cnc(C(=O)Nc2cc(Cl)ccc2Br)cn1. The molecule has 0 atom stereocenters. The molecule has 1 amide bonds. The van der Waals surface area contributed by atoms with Gasteiger partial charge in [-0.05, 0) is 34.1 Å². The number of nitrogen functional groups attached to an aromatic ring is 1. The van der Waals surface area contributed by atoms with Gasteiger partial charge < -0.3 is 10.7 Å². The normalized spacial score (nSPS) is 10.1. The summed E-state index contributed by atoms with van der Waals surface area (Å²) in [6.45, 7) is 0. The molecule has 2 rings (SSSR count). The number of hydrogen-bond acceptors (Lipinski definition) is 5. The van der Waals surface area contributed by atoms with Crippen LogP contribution in [-0.2, 0) is 0 Å². The lowest BCUT2D eigenvalue weighted by molar-refractivity contribution is 0.102. The summed E-state index contributed by atoms with van der Waals surface area (Å²) in [4.78, 5) is 19.8. The van der Waals surface area contributed by atoms with Crippen LogP contribution in [0.3, 0.4) is 0 Å². The summed E-state index contributed by atoms with van der Waals surface area (Å²) in [7, 11) is 0. The largest absolute Gasteiger partial charge is 0.320 e. The Labute approximate surface area is 122 Å². The highest BCUT2D eigenvalue weighted by atomic mass is 79.9. The summed E-state index contributed by atoms with van der Waals surface area (Å²) in [5.41, 5.74) is 3.06. The van der Waals surface area contributed by atoms with Crippen LogP contribution in [0.25, 0.3) is 0 Å². The van der Waals surface area contributed by atoms with Crippen LogP contribution in [-0.4, -0.2) is 15.9 Å². The van der Waals surface area contributed by atoms with Gasteiger partial charge in [0.25, 0.3) is 5.91 Å². The fourth-order valence-electron chi connectivity index (χ4n) is 1.30. The first kappa shape index (κ1) is 13.7. The van der Waals surface area contributed by atoms with Crippen molar-refractivity contribution >= 4 is 44.9 Å². The van der Waals surface area contributed by atoms with Gasteiger partial charge >= 0.3 is 0 Å². The first-order chi connectivity index (χ1) is 9.10. The van der Waals surface area contributed by atoms with Gasteiger partial charge in [0.1, 0.15) is 5.69 Å². The number of hydrazine groups is 1. The molecule has 0 aliphatic carbocycles. The number of anilines is 2. The second-order valence-corrected chi connectivity index (χ2v) is 4.80. The summed E-state index contributed by atoms with van der Waals surface area (Å²) < 4.78 is 0.721. The maximum absolute atomic E-state index is 11.9. The molecule has 98 valence electrons. The highest BCUT2D eigenvalue weighted by Gasteiger charge is 2.10. The fraction of sp³-hybridized carbons (Fsp3) is 0. The number of hydrogen-bond donors (Lipinski definition) is 3. The van der Waals surface area contributed by atoms with E-state index in [0.717, 1.165) is 4.47 Å². The summed E-state index contributed by atoms with van der Waals surface area (Å²) in [5, 5.41) is 3.20. The van der Waals surface area contributed by atoms with E-state index in [1.165, 1.54) is 12.4 Å². The number of nitrogens with one attached hydrogen (secondary N) is 2. The summed E-state index contributed by atoms with van der Waals surface area (Å²) in [5.74, 6) is 5.15. The van der Waals surface area contributed by atoms with Crippen LogP contribution < -0.4 is 16.6 Å². The van der Waals surface area contributed by atoms with Crippen molar-refractivity contribution in [2.45, 2.75) is 0 Å². The fourth-order valence-corrected chi connectivity index (χ4v) is 1.82. The molecule has 4 N–H and O–H groups in total. The van der Waals surface area contributed by atoms with Gasteiger partial charge in [-0.15, -0.1) is 0 Å². The predicted octanol–water partition coefficient (Wildman–Crippen LogP) is 2.43. The van der Waals surface area contributed by atoms with Crippen LogP contribution in [0.2, 0.25) is 5.02 Å². The molecule has 8 heteroatoms. The van der Waals surface area contributed by atoms with E-state index >= 15 is 0 Å². The number of carbonyl (C=O) groups excluding carboxylic acids is 1. The summed E-state index contributed by atoms with van der Waals surface area (Å²) in [6.07, 6.45) is 2.69. The Bertz CT molecular complexity index is 605. The third-order valence-corrected chi connectivity index (χ3v) is 3.14. The van der Waals surface area contributed by atoms with Crippen LogP contribution in [0.15, 0.2) is 35.1 Å². The Balaban J connectivity index is 2.18. The van der Waals surface area contributed by atoms with Crippen molar-refractivity contribution in [3.05, 3.63) is 45.8 Å². The number of nitrogens with two attached hydrogens (primary N) is 1. The van der Waals surface area contributed by atoms with Crippen LogP contribution in [0, 0.1) is 0 Å². The van der Waals surface area contributed by atoms with Crippen LogP contribution in [0.5, 0.6) is 0 Å². The molecular weight excluding hydrogens is 334 g/mol. The van der Waals surface area contributed by atoms with Gasteiger partial charge in [-0.2, -0.15) is 0 Å². The molecule has 0 saturated heterocycles. The van der Waals surface area contributed by atoms with Crippen molar-refractivity contribution < 1.29 is 4.79 Å². The zero-order valence-corrected chi connectivity index (χ0v) is 11.9. The second-order valence-electron chi connectivity index (χ2n) is 3.51. The molecule has 6 nitrogen and oxygen atoms in total. The predicted molar refractivity (Wildman–Crippen MR) is 76.9 cm³/mol. The van der Waals surface area contributed by atoms with E-state index < -0.39 is 0 Å². The lowest BCUT2D eigenvalue weighted by Gasteiger charge is -2.07.